The van der Waals surface area contributed by atoms with E-state index in [2.05, 4.69) is 10.4 Å². The monoisotopic (exact) mass is 518 g/mol. The third-order valence-corrected chi connectivity index (χ3v) is 5.20. The highest BCUT2D eigenvalue weighted by atomic mass is 16.5. The van der Waals surface area contributed by atoms with Gasteiger partial charge < -0.3 is 30.7 Å². The molecule has 38 heavy (non-hydrogen) atoms. The van der Waals surface area contributed by atoms with E-state index in [0.717, 1.165) is 16.5 Å². The minimum absolute atomic E-state index is 0.205. The Morgan fingerprint density at radius 2 is 1.55 bits per heavy atom. The highest BCUT2D eigenvalue weighted by Gasteiger charge is 2.11. The number of aromatic nitrogens is 2. The second-order valence-electron chi connectivity index (χ2n) is 7.84. The zero-order valence-electron chi connectivity index (χ0n) is 20.6. The van der Waals surface area contributed by atoms with Crippen molar-refractivity contribution in [2.45, 2.75) is 6.54 Å². The molecule has 1 heterocycles. The number of ether oxygens (including phenoxy) is 2. The zero-order chi connectivity index (χ0) is 27.7. The summed E-state index contributed by atoms with van der Waals surface area (Å²) in [5, 5.41) is 24.0. The molecular formula is C27H26N4O7. The molecule has 1 aromatic heterocycles. The second-order valence-corrected chi connectivity index (χ2v) is 7.84. The van der Waals surface area contributed by atoms with Crippen LogP contribution in [-0.4, -0.2) is 52.1 Å². The maximum absolute atomic E-state index is 12.5. The molecule has 11 nitrogen and oxygen atoms in total. The van der Waals surface area contributed by atoms with Gasteiger partial charge in [-0.15, -0.1) is 0 Å². The Hall–Kier alpha value is -5.32. The van der Waals surface area contributed by atoms with Crippen LogP contribution in [0.1, 0.15) is 15.9 Å². The average molecular weight is 519 g/mol. The summed E-state index contributed by atoms with van der Waals surface area (Å²) in [5.74, 6) is -1.41. The summed E-state index contributed by atoms with van der Waals surface area (Å²) < 4.78 is 12.5. The Kier molecular flexibility index (Phi) is 9.03. The minimum Gasteiger partial charge on any atom is -0.493 e. The van der Waals surface area contributed by atoms with Crippen LogP contribution in [0.4, 0.5) is 11.4 Å². The molecular weight excluding hydrogens is 492 g/mol. The Morgan fingerprint density at radius 1 is 0.947 bits per heavy atom. The van der Waals surface area contributed by atoms with E-state index in [4.69, 9.17) is 25.4 Å². The predicted octanol–water partition coefficient (Wildman–Crippen LogP) is 3.65. The lowest BCUT2D eigenvalue weighted by Gasteiger charge is -2.08. The van der Waals surface area contributed by atoms with Crippen molar-refractivity contribution in [2.75, 3.05) is 25.3 Å². The van der Waals surface area contributed by atoms with Gasteiger partial charge in [0.15, 0.2) is 11.5 Å². The standard InChI is InChI=1S/C23H22N4O3.C4H4O4/c1-29-21-11-17-14-27(26-20(17)12-22(21)30-2)13-15-7-9-16(10-8-15)23(28)25-19-6-4-3-5-18(19)24;5-3(6)1-2-4(7)8/h3-12,14H,13,24H2,1-2H3,(H,25,28);1-2H,(H,5,6)(H,7,8)/b;2-1+. The summed E-state index contributed by atoms with van der Waals surface area (Å²) >= 11 is 0. The van der Waals surface area contributed by atoms with Crippen LogP contribution in [0.3, 0.4) is 0 Å². The van der Waals surface area contributed by atoms with Gasteiger partial charge in [0, 0.05) is 35.4 Å². The molecule has 0 spiro atoms. The summed E-state index contributed by atoms with van der Waals surface area (Å²) in [6, 6.07) is 18.3. The molecule has 3 aromatic carbocycles. The SMILES string of the molecule is COc1cc2cn(Cc3ccc(C(=O)Nc4ccccc4N)cc3)nc2cc1OC.O=C(O)/C=C/C(=O)O. The van der Waals surface area contributed by atoms with Gasteiger partial charge in [0.1, 0.15) is 0 Å². The molecule has 0 saturated heterocycles. The highest BCUT2D eigenvalue weighted by Crippen LogP contribution is 2.31. The Balaban J connectivity index is 0.000000436. The van der Waals surface area contributed by atoms with E-state index in [0.29, 0.717) is 47.1 Å². The number of nitrogen functional groups attached to an aromatic ring is 1. The fourth-order valence-corrected chi connectivity index (χ4v) is 3.38. The number of nitrogens with two attached hydrogens (primary N) is 1. The van der Waals surface area contributed by atoms with E-state index in [1.54, 1.807) is 38.5 Å². The number of carboxylic acids is 2. The molecule has 0 aliphatic rings. The van der Waals surface area contributed by atoms with E-state index in [9.17, 15) is 14.4 Å². The number of hydrogen-bond donors (Lipinski definition) is 4. The first kappa shape index (κ1) is 27.3. The molecule has 11 heteroatoms. The van der Waals surface area contributed by atoms with Gasteiger partial charge in [-0.2, -0.15) is 5.10 Å². The number of anilines is 2. The van der Waals surface area contributed by atoms with Crippen LogP contribution in [0.25, 0.3) is 10.9 Å². The molecule has 4 rings (SSSR count). The maximum Gasteiger partial charge on any atom is 0.328 e. The van der Waals surface area contributed by atoms with Crippen molar-refractivity contribution in [3.05, 3.63) is 90.1 Å². The Bertz CT molecular complexity index is 1420. The normalized spacial score (nSPS) is 10.5. The molecule has 0 saturated carbocycles. The van der Waals surface area contributed by atoms with Gasteiger partial charge >= 0.3 is 11.9 Å². The third kappa shape index (κ3) is 7.34. The van der Waals surface area contributed by atoms with E-state index in [-0.39, 0.29) is 5.91 Å². The number of carbonyl (C=O) groups is 3. The summed E-state index contributed by atoms with van der Waals surface area (Å²) in [6.07, 6.45) is 3.07. The lowest BCUT2D eigenvalue weighted by Crippen LogP contribution is -2.13. The van der Waals surface area contributed by atoms with Crippen molar-refractivity contribution in [3.63, 3.8) is 0 Å². The van der Waals surface area contributed by atoms with Crippen LogP contribution >= 0.6 is 0 Å². The van der Waals surface area contributed by atoms with Crippen LogP contribution in [0.5, 0.6) is 11.5 Å². The average Bonchev–Trinajstić information content (AvgIpc) is 3.29. The van der Waals surface area contributed by atoms with Crippen LogP contribution in [0.2, 0.25) is 0 Å². The molecule has 1 amide bonds. The van der Waals surface area contributed by atoms with Crippen molar-refractivity contribution in [1.29, 1.82) is 0 Å². The second kappa shape index (κ2) is 12.6. The number of carbonyl (C=O) groups excluding carboxylic acids is 1. The number of nitrogens with zero attached hydrogens (tertiary/aromatic N) is 2. The number of hydrogen-bond acceptors (Lipinski definition) is 7. The first-order valence-corrected chi connectivity index (χ1v) is 11.2. The predicted molar refractivity (Wildman–Crippen MR) is 142 cm³/mol. The van der Waals surface area contributed by atoms with Gasteiger partial charge in [-0.1, -0.05) is 24.3 Å². The number of para-hydroxylation sites is 2. The molecule has 0 aliphatic heterocycles. The number of nitrogens with one attached hydrogen (secondary N) is 1. The molecule has 0 atom stereocenters. The molecule has 0 aliphatic carbocycles. The van der Waals surface area contributed by atoms with Crippen LogP contribution in [-0.2, 0) is 16.1 Å². The number of fused-ring (bicyclic) bond motifs is 1. The van der Waals surface area contributed by atoms with Crippen molar-refractivity contribution in [1.82, 2.24) is 9.78 Å². The minimum atomic E-state index is -1.26. The van der Waals surface area contributed by atoms with E-state index in [1.165, 1.54) is 0 Å². The molecule has 0 fully saturated rings. The topological polar surface area (TPSA) is 166 Å². The zero-order valence-corrected chi connectivity index (χ0v) is 20.6. The van der Waals surface area contributed by atoms with E-state index >= 15 is 0 Å². The van der Waals surface area contributed by atoms with Crippen molar-refractivity contribution < 1.29 is 34.1 Å². The number of aliphatic carboxylic acids is 2. The molecule has 5 N–H and O–H groups in total. The number of amides is 1. The lowest BCUT2D eigenvalue weighted by molar-refractivity contribution is -0.134. The molecule has 0 radical (unpaired) electrons. The quantitative estimate of drug-likeness (QED) is 0.201. The van der Waals surface area contributed by atoms with Gasteiger partial charge in [-0.25, -0.2) is 9.59 Å². The van der Waals surface area contributed by atoms with Gasteiger partial charge in [0.25, 0.3) is 5.91 Å². The first-order valence-electron chi connectivity index (χ1n) is 11.2. The van der Waals surface area contributed by atoms with E-state index < -0.39 is 11.9 Å². The van der Waals surface area contributed by atoms with Gasteiger partial charge in [0.2, 0.25) is 0 Å². The number of methoxy groups -OCH3 is 2. The number of benzene rings is 3. The van der Waals surface area contributed by atoms with Crippen molar-refractivity contribution in [3.8, 4) is 11.5 Å². The fourth-order valence-electron chi connectivity index (χ4n) is 3.38. The molecule has 0 bridgehead atoms. The Morgan fingerprint density at radius 3 is 2.13 bits per heavy atom. The van der Waals surface area contributed by atoms with Gasteiger partial charge in [-0.05, 0) is 35.9 Å². The number of rotatable bonds is 8. The molecule has 0 unspecified atom stereocenters. The Labute approximate surface area is 217 Å². The van der Waals surface area contributed by atoms with Gasteiger partial charge in [0.05, 0.1) is 37.7 Å². The van der Waals surface area contributed by atoms with Crippen LogP contribution < -0.4 is 20.5 Å². The van der Waals surface area contributed by atoms with Crippen molar-refractivity contribution in [2.24, 2.45) is 0 Å². The van der Waals surface area contributed by atoms with E-state index in [1.807, 2.05) is 47.3 Å². The van der Waals surface area contributed by atoms with Crippen LogP contribution in [0, 0.1) is 0 Å². The summed E-state index contributed by atoms with van der Waals surface area (Å²) in [4.78, 5) is 31.6. The lowest BCUT2D eigenvalue weighted by atomic mass is 10.1. The molecule has 196 valence electrons. The fraction of sp³-hybridized carbons (Fsp3) is 0.111. The first-order chi connectivity index (χ1) is 18.2. The third-order valence-electron chi connectivity index (χ3n) is 5.20. The summed E-state index contributed by atoms with van der Waals surface area (Å²) in [6.45, 7) is 0.576. The highest BCUT2D eigenvalue weighted by molar-refractivity contribution is 6.05. The molecule has 4 aromatic rings. The van der Waals surface area contributed by atoms with Gasteiger partial charge in [-0.3, -0.25) is 9.48 Å². The largest absolute Gasteiger partial charge is 0.493 e. The number of carboxylic acid groups (broad SMARTS) is 2. The smallest absolute Gasteiger partial charge is 0.328 e. The van der Waals surface area contributed by atoms with Crippen molar-refractivity contribution >= 4 is 40.1 Å². The maximum atomic E-state index is 12.5. The van der Waals surface area contributed by atoms with Crippen LogP contribution in [0.15, 0.2) is 79.0 Å². The summed E-state index contributed by atoms with van der Waals surface area (Å²) in [5.41, 5.74) is 9.42. The summed E-state index contributed by atoms with van der Waals surface area (Å²) in [7, 11) is 3.21.